The summed E-state index contributed by atoms with van der Waals surface area (Å²) in [5.41, 5.74) is 0. The molecule has 0 aliphatic rings. The van der Waals surface area contributed by atoms with Crippen LogP contribution >= 0.6 is 0 Å². The van der Waals surface area contributed by atoms with Crippen LogP contribution in [0.4, 0.5) is 0 Å². The molecule has 152 valence electrons. The molecule has 4 nitrogen and oxygen atoms in total. The molecule has 25 heavy (non-hydrogen) atoms. The zero-order valence-electron chi connectivity index (χ0n) is 16.6. The first-order valence-corrected chi connectivity index (χ1v) is 12.1. The van der Waals surface area contributed by atoms with E-state index >= 15 is 0 Å². The summed E-state index contributed by atoms with van der Waals surface area (Å²) in [5.74, 6) is 0. The largest absolute Gasteiger partial charge is 0.393 e. The van der Waals surface area contributed by atoms with Crippen molar-refractivity contribution in [2.75, 3.05) is 0 Å². The second-order valence-electron chi connectivity index (χ2n) is 7.48. The van der Waals surface area contributed by atoms with Crippen LogP contribution in [0.15, 0.2) is 0 Å². The van der Waals surface area contributed by atoms with E-state index < -0.39 is 15.4 Å². The molecule has 2 unspecified atom stereocenters. The van der Waals surface area contributed by atoms with Crippen LogP contribution in [-0.2, 0) is 10.1 Å². The fourth-order valence-electron chi connectivity index (χ4n) is 3.30. The van der Waals surface area contributed by atoms with Gasteiger partial charge in [-0.2, -0.15) is 8.42 Å². The quantitative estimate of drug-likeness (QED) is 0.230. The Morgan fingerprint density at radius 3 is 1.44 bits per heavy atom. The standard InChI is InChI=1S/C20H42O4S/c1-3-5-7-9-11-15-19(21)16-12-10-14-18-20(25(22,23)24)17-13-8-6-4-2/h19-21H,3-18H2,1-2H3,(H,22,23,24). The molecule has 0 radical (unpaired) electrons. The molecule has 0 rings (SSSR count). The van der Waals surface area contributed by atoms with Crippen LogP contribution in [0.3, 0.4) is 0 Å². The van der Waals surface area contributed by atoms with Crippen LogP contribution < -0.4 is 0 Å². The molecule has 0 saturated carbocycles. The molecule has 0 fully saturated rings. The summed E-state index contributed by atoms with van der Waals surface area (Å²) < 4.78 is 32.3. The van der Waals surface area contributed by atoms with E-state index in [1.54, 1.807) is 0 Å². The lowest BCUT2D eigenvalue weighted by Crippen LogP contribution is -2.20. The molecule has 0 aliphatic heterocycles. The van der Waals surface area contributed by atoms with E-state index in [2.05, 4.69) is 13.8 Å². The average Bonchev–Trinajstić information content (AvgIpc) is 2.55. The molecule has 0 heterocycles. The molecule has 0 aromatic heterocycles. The number of aliphatic hydroxyl groups excluding tert-OH is 1. The fourth-order valence-corrected chi connectivity index (χ4v) is 4.23. The summed E-state index contributed by atoms with van der Waals surface area (Å²) in [7, 11) is -3.92. The minimum absolute atomic E-state index is 0.215. The predicted octanol–water partition coefficient (Wildman–Crippen LogP) is 5.89. The average molecular weight is 379 g/mol. The molecule has 2 atom stereocenters. The first-order chi connectivity index (χ1) is 11.9. The number of aliphatic hydroxyl groups is 1. The Labute approximate surface area is 156 Å². The molecule has 0 amide bonds. The van der Waals surface area contributed by atoms with Gasteiger partial charge in [-0.1, -0.05) is 90.9 Å². The van der Waals surface area contributed by atoms with Gasteiger partial charge in [-0.3, -0.25) is 4.55 Å². The summed E-state index contributed by atoms with van der Waals surface area (Å²) in [6.45, 7) is 4.33. The van der Waals surface area contributed by atoms with Gasteiger partial charge >= 0.3 is 0 Å². The van der Waals surface area contributed by atoms with Gasteiger partial charge in [-0.05, 0) is 25.7 Å². The maximum absolute atomic E-state index is 11.5. The van der Waals surface area contributed by atoms with E-state index in [1.807, 2.05) is 0 Å². The van der Waals surface area contributed by atoms with Crippen molar-refractivity contribution in [1.82, 2.24) is 0 Å². The first-order valence-electron chi connectivity index (χ1n) is 10.6. The third-order valence-electron chi connectivity index (χ3n) is 5.01. The molecular formula is C20H42O4S. The predicted molar refractivity (Wildman–Crippen MR) is 107 cm³/mol. The lowest BCUT2D eigenvalue weighted by atomic mass is 10.0. The van der Waals surface area contributed by atoms with Crippen LogP contribution in [0.25, 0.3) is 0 Å². The third-order valence-corrected chi connectivity index (χ3v) is 6.32. The second-order valence-corrected chi connectivity index (χ2v) is 9.18. The summed E-state index contributed by atoms with van der Waals surface area (Å²) in [6, 6.07) is 0. The van der Waals surface area contributed by atoms with Gasteiger partial charge in [0.1, 0.15) is 0 Å². The number of hydrogen-bond donors (Lipinski definition) is 2. The number of rotatable bonds is 18. The zero-order valence-corrected chi connectivity index (χ0v) is 17.4. The van der Waals surface area contributed by atoms with E-state index in [0.29, 0.717) is 12.8 Å². The molecule has 0 aliphatic carbocycles. The molecule has 0 saturated heterocycles. The van der Waals surface area contributed by atoms with Gasteiger partial charge in [0.2, 0.25) is 0 Å². The molecule has 5 heteroatoms. The van der Waals surface area contributed by atoms with E-state index in [-0.39, 0.29) is 6.10 Å². The number of hydrogen-bond acceptors (Lipinski definition) is 3. The molecule has 0 spiro atoms. The van der Waals surface area contributed by atoms with Gasteiger partial charge in [0.15, 0.2) is 0 Å². The Balaban J connectivity index is 3.76. The first kappa shape index (κ1) is 24.9. The Kier molecular flexibility index (Phi) is 16.0. The van der Waals surface area contributed by atoms with Crippen molar-refractivity contribution in [3.8, 4) is 0 Å². The smallest absolute Gasteiger partial charge is 0.267 e. The second kappa shape index (κ2) is 16.1. The van der Waals surface area contributed by atoms with E-state index in [9.17, 15) is 18.1 Å². The molecular weight excluding hydrogens is 336 g/mol. The molecule has 0 bridgehead atoms. The van der Waals surface area contributed by atoms with Gasteiger partial charge in [-0.15, -0.1) is 0 Å². The highest BCUT2D eigenvalue weighted by Gasteiger charge is 2.21. The van der Waals surface area contributed by atoms with Crippen molar-refractivity contribution in [2.24, 2.45) is 0 Å². The lowest BCUT2D eigenvalue weighted by Gasteiger charge is -2.14. The van der Waals surface area contributed by atoms with Crippen LogP contribution in [-0.4, -0.2) is 29.4 Å². The van der Waals surface area contributed by atoms with Crippen molar-refractivity contribution in [2.45, 2.75) is 128 Å². The van der Waals surface area contributed by atoms with Crippen molar-refractivity contribution >= 4 is 10.1 Å². The number of unbranched alkanes of at least 4 members (excludes halogenated alkanes) is 9. The Bertz CT molecular complexity index is 381. The molecule has 0 aromatic carbocycles. The normalized spacial score (nSPS) is 14.6. The van der Waals surface area contributed by atoms with Gasteiger partial charge in [0.25, 0.3) is 10.1 Å². The SMILES string of the molecule is CCCCCCCC(O)CCCCCC(CCCCCC)S(=O)(=O)O. The van der Waals surface area contributed by atoms with Crippen molar-refractivity contribution in [1.29, 1.82) is 0 Å². The highest BCUT2D eigenvalue weighted by Crippen LogP contribution is 2.19. The molecule has 2 N–H and O–H groups in total. The monoisotopic (exact) mass is 378 g/mol. The van der Waals surface area contributed by atoms with Gasteiger partial charge < -0.3 is 5.11 Å². The van der Waals surface area contributed by atoms with Crippen LogP contribution in [0.1, 0.15) is 117 Å². The Morgan fingerprint density at radius 1 is 0.640 bits per heavy atom. The van der Waals surface area contributed by atoms with Crippen LogP contribution in [0, 0.1) is 0 Å². The minimum atomic E-state index is -3.92. The summed E-state index contributed by atoms with van der Waals surface area (Å²) >= 11 is 0. The summed E-state index contributed by atoms with van der Waals surface area (Å²) in [6.07, 6.45) is 15.5. The van der Waals surface area contributed by atoms with Crippen molar-refractivity contribution < 1.29 is 18.1 Å². The molecule has 0 aromatic rings. The fraction of sp³-hybridized carbons (Fsp3) is 1.00. The van der Waals surface area contributed by atoms with E-state index in [4.69, 9.17) is 0 Å². The van der Waals surface area contributed by atoms with E-state index in [0.717, 1.165) is 64.2 Å². The maximum Gasteiger partial charge on any atom is 0.267 e. The Morgan fingerprint density at radius 2 is 1.00 bits per heavy atom. The summed E-state index contributed by atoms with van der Waals surface area (Å²) in [4.78, 5) is 0. The lowest BCUT2D eigenvalue weighted by molar-refractivity contribution is 0.147. The van der Waals surface area contributed by atoms with E-state index in [1.165, 1.54) is 25.7 Å². The Hall–Kier alpha value is -0.130. The zero-order chi connectivity index (χ0) is 19.0. The summed E-state index contributed by atoms with van der Waals surface area (Å²) in [5, 5.41) is 9.37. The van der Waals surface area contributed by atoms with Gasteiger partial charge in [-0.25, -0.2) is 0 Å². The highest BCUT2D eigenvalue weighted by molar-refractivity contribution is 7.86. The van der Waals surface area contributed by atoms with Crippen LogP contribution in [0.2, 0.25) is 0 Å². The highest BCUT2D eigenvalue weighted by atomic mass is 32.2. The van der Waals surface area contributed by atoms with Crippen molar-refractivity contribution in [3.63, 3.8) is 0 Å². The van der Waals surface area contributed by atoms with Gasteiger partial charge in [0.05, 0.1) is 11.4 Å². The third kappa shape index (κ3) is 15.8. The topological polar surface area (TPSA) is 74.6 Å². The maximum atomic E-state index is 11.5. The van der Waals surface area contributed by atoms with Crippen LogP contribution in [0.5, 0.6) is 0 Å². The minimum Gasteiger partial charge on any atom is -0.393 e. The van der Waals surface area contributed by atoms with Gasteiger partial charge in [0, 0.05) is 0 Å². The van der Waals surface area contributed by atoms with Crippen molar-refractivity contribution in [3.05, 3.63) is 0 Å².